The van der Waals surface area contributed by atoms with E-state index in [1.165, 1.54) is 18.5 Å². The molecule has 0 aliphatic heterocycles. The lowest BCUT2D eigenvalue weighted by Crippen LogP contribution is -2.03. The number of hydrogen-bond acceptors (Lipinski definition) is 3. The molecule has 1 aromatic carbocycles. The molecule has 1 N–H and O–H groups in total. The first-order chi connectivity index (χ1) is 9.11. The van der Waals surface area contributed by atoms with Gasteiger partial charge >= 0.3 is 0 Å². The van der Waals surface area contributed by atoms with Crippen LogP contribution in [-0.2, 0) is 6.42 Å². The van der Waals surface area contributed by atoms with Gasteiger partial charge in [-0.05, 0) is 18.6 Å². The standard InChI is InChI=1S/C13H12ClF2N3/c1-2-3-9-12(14)17-7-18-13(9)19-11-5-4-8(15)6-10(11)16/h4-7H,2-3H2,1H3,(H,17,18,19). The molecule has 0 unspecified atom stereocenters. The predicted molar refractivity (Wildman–Crippen MR) is 70.7 cm³/mol. The lowest BCUT2D eigenvalue weighted by atomic mass is 10.2. The Morgan fingerprint density at radius 3 is 2.74 bits per heavy atom. The molecule has 6 heteroatoms. The van der Waals surface area contributed by atoms with Crippen LogP contribution in [0.1, 0.15) is 18.9 Å². The third-order valence-corrected chi connectivity index (χ3v) is 2.90. The Bertz CT molecular complexity index is 590. The van der Waals surface area contributed by atoms with E-state index in [2.05, 4.69) is 15.3 Å². The van der Waals surface area contributed by atoms with E-state index in [9.17, 15) is 8.78 Å². The second-order valence-electron chi connectivity index (χ2n) is 3.99. The van der Waals surface area contributed by atoms with Crippen molar-refractivity contribution in [2.45, 2.75) is 19.8 Å². The van der Waals surface area contributed by atoms with E-state index in [0.717, 1.165) is 18.1 Å². The summed E-state index contributed by atoms with van der Waals surface area (Å²) in [6, 6.07) is 3.30. The van der Waals surface area contributed by atoms with Crippen molar-refractivity contribution < 1.29 is 8.78 Å². The van der Waals surface area contributed by atoms with E-state index in [1.54, 1.807) is 0 Å². The topological polar surface area (TPSA) is 37.8 Å². The fraction of sp³-hybridized carbons (Fsp3) is 0.231. The summed E-state index contributed by atoms with van der Waals surface area (Å²) in [5, 5.41) is 3.15. The molecule has 0 saturated heterocycles. The van der Waals surface area contributed by atoms with Crippen molar-refractivity contribution in [1.82, 2.24) is 9.97 Å². The van der Waals surface area contributed by atoms with Gasteiger partial charge < -0.3 is 5.32 Å². The number of anilines is 2. The number of nitrogens with one attached hydrogen (secondary N) is 1. The van der Waals surface area contributed by atoms with Gasteiger partial charge in [0.2, 0.25) is 0 Å². The molecule has 1 heterocycles. The molecule has 0 radical (unpaired) electrons. The van der Waals surface area contributed by atoms with E-state index < -0.39 is 11.6 Å². The van der Waals surface area contributed by atoms with Gasteiger partial charge in [-0.2, -0.15) is 0 Å². The minimum absolute atomic E-state index is 0.147. The average molecular weight is 284 g/mol. The van der Waals surface area contributed by atoms with Crippen LogP contribution in [0.15, 0.2) is 24.5 Å². The molecule has 0 atom stereocenters. The van der Waals surface area contributed by atoms with Gasteiger partial charge in [0, 0.05) is 11.6 Å². The summed E-state index contributed by atoms with van der Waals surface area (Å²) in [6.07, 6.45) is 2.82. The molecule has 0 saturated carbocycles. The molecule has 0 aliphatic carbocycles. The van der Waals surface area contributed by atoms with Gasteiger partial charge in [-0.25, -0.2) is 18.7 Å². The molecule has 100 valence electrons. The summed E-state index contributed by atoms with van der Waals surface area (Å²) in [4.78, 5) is 7.95. The first-order valence-electron chi connectivity index (χ1n) is 5.83. The van der Waals surface area contributed by atoms with Crippen LogP contribution >= 0.6 is 11.6 Å². The van der Waals surface area contributed by atoms with Crippen LogP contribution in [-0.4, -0.2) is 9.97 Å². The van der Waals surface area contributed by atoms with E-state index in [1.807, 2.05) is 6.92 Å². The maximum Gasteiger partial charge on any atom is 0.149 e. The fourth-order valence-corrected chi connectivity index (χ4v) is 1.92. The third kappa shape index (κ3) is 3.17. The maximum atomic E-state index is 13.6. The molecule has 0 spiro atoms. The molecular weight excluding hydrogens is 272 g/mol. The van der Waals surface area contributed by atoms with Crippen molar-refractivity contribution in [3.05, 3.63) is 46.9 Å². The predicted octanol–water partition coefficient (Wildman–Crippen LogP) is 4.10. The minimum atomic E-state index is -0.683. The van der Waals surface area contributed by atoms with Gasteiger partial charge in [0.15, 0.2) is 0 Å². The van der Waals surface area contributed by atoms with Crippen molar-refractivity contribution in [2.75, 3.05) is 5.32 Å². The van der Waals surface area contributed by atoms with Gasteiger partial charge in [0.1, 0.15) is 28.9 Å². The molecule has 0 aliphatic rings. The summed E-state index contributed by atoms with van der Waals surface area (Å²) in [6.45, 7) is 1.99. The highest BCUT2D eigenvalue weighted by molar-refractivity contribution is 6.30. The third-order valence-electron chi connectivity index (χ3n) is 2.58. The Balaban J connectivity index is 2.35. The van der Waals surface area contributed by atoms with E-state index in [4.69, 9.17) is 11.6 Å². The van der Waals surface area contributed by atoms with Gasteiger partial charge in [-0.3, -0.25) is 0 Å². The molecule has 0 bridgehead atoms. The highest BCUT2D eigenvalue weighted by Gasteiger charge is 2.11. The first kappa shape index (κ1) is 13.7. The molecule has 1 aromatic heterocycles. The second kappa shape index (κ2) is 5.93. The molecular formula is C13H12ClF2N3. The largest absolute Gasteiger partial charge is 0.337 e. The minimum Gasteiger partial charge on any atom is -0.337 e. The highest BCUT2D eigenvalue weighted by atomic mass is 35.5. The quantitative estimate of drug-likeness (QED) is 0.858. The Morgan fingerprint density at radius 2 is 2.05 bits per heavy atom. The Kier molecular flexibility index (Phi) is 4.27. The van der Waals surface area contributed by atoms with Gasteiger partial charge in [-0.1, -0.05) is 24.9 Å². The van der Waals surface area contributed by atoms with Crippen molar-refractivity contribution >= 4 is 23.1 Å². The molecule has 0 amide bonds. The molecule has 3 nitrogen and oxygen atoms in total. The zero-order chi connectivity index (χ0) is 13.8. The van der Waals surface area contributed by atoms with E-state index in [-0.39, 0.29) is 5.69 Å². The fourth-order valence-electron chi connectivity index (χ4n) is 1.69. The number of aromatic nitrogens is 2. The normalized spacial score (nSPS) is 10.5. The Hall–Kier alpha value is -1.75. The lowest BCUT2D eigenvalue weighted by Gasteiger charge is -2.11. The zero-order valence-electron chi connectivity index (χ0n) is 10.3. The van der Waals surface area contributed by atoms with Crippen LogP contribution in [0, 0.1) is 11.6 Å². The SMILES string of the molecule is CCCc1c(Cl)ncnc1Nc1ccc(F)cc1F. The molecule has 2 aromatic rings. The van der Waals surface area contributed by atoms with Crippen molar-refractivity contribution in [3.63, 3.8) is 0 Å². The van der Waals surface area contributed by atoms with Crippen LogP contribution in [0.5, 0.6) is 0 Å². The Morgan fingerprint density at radius 1 is 1.26 bits per heavy atom. The van der Waals surface area contributed by atoms with Crippen LogP contribution in [0.2, 0.25) is 5.15 Å². The molecule has 2 rings (SSSR count). The van der Waals surface area contributed by atoms with Gasteiger partial charge in [0.05, 0.1) is 5.69 Å². The summed E-state index contributed by atoms with van der Waals surface area (Å²) < 4.78 is 26.4. The maximum absolute atomic E-state index is 13.6. The average Bonchev–Trinajstić information content (AvgIpc) is 2.37. The van der Waals surface area contributed by atoms with Crippen LogP contribution in [0.4, 0.5) is 20.3 Å². The van der Waals surface area contributed by atoms with Gasteiger partial charge in [0.25, 0.3) is 0 Å². The van der Waals surface area contributed by atoms with Crippen molar-refractivity contribution in [2.24, 2.45) is 0 Å². The monoisotopic (exact) mass is 283 g/mol. The zero-order valence-corrected chi connectivity index (χ0v) is 11.0. The number of nitrogens with zero attached hydrogens (tertiary/aromatic N) is 2. The summed E-state index contributed by atoms with van der Waals surface area (Å²) >= 11 is 5.99. The first-order valence-corrected chi connectivity index (χ1v) is 6.21. The van der Waals surface area contributed by atoms with Crippen molar-refractivity contribution in [3.8, 4) is 0 Å². The molecule has 19 heavy (non-hydrogen) atoms. The van der Waals surface area contributed by atoms with Crippen LogP contribution < -0.4 is 5.32 Å². The highest BCUT2D eigenvalue weighted by Crippen LogP contribution is 2.26. The van der Waals surface area contributed by atoms with Gasteiger partial charge in [-0.15, -0.1) is 0 Å². The summed E-state index contributed by atoms with van der Waals surface area (Å²) in [5.41, 5.74) is 0.865. The van der Waals surface area contributed by atoms with Crippen molar-refractivity contribution in [1.29, 1.82) is 0 Å². The summed E-state index contributed by atoms with van der Waals surface area (Å²) in [7, 11) is 0. The number of hydrogen-bond donors (Lipinski definition) is 1. The summed E-state index contributed by atoms with van der Waals surface area (Å²) in [5.74, 6) is -0.873. The number of benzene rings is 1. The van der Waals surface area contributed by atoms with Crippen LogP contribution in [0.25, 0.3) is 0 Å². The second-order valence-corrected chi connectivity index (χ2v) is 4.35. The smallest absolute Gasteiger partial charge is 0.149 e. The van der Waals surface area contributed by atoms with E-state index >= 15 is 0 Å². The number of halogens is 3. The molecule has 0 fully saturated rings. The van der Waals surface area contributed by atoms with Crippen LogP contribution in [0.3, 0.4) is 0 Å². The lowest BCUT2D eigenvalue weighted by molar-refractivity contribution is 0.586. The number of rotatable bonds is 4. The Labute approximate surface area is 114 Å². The van der Waals surface area contributed by atoms with E-state index in [0.29, 0.717) is 17.4 Å².